The minimum Gasteiger partial charge on any atom is -0.463 e. The first-order chi connectivity index (χ1) is 55.5. The van der Waals surface area contributed by atoms with Crippen molar-refractivity contribution in [2.45, 2.75) is 245 Å². The Labute approximate surface area is 678 Å². The Morgan fingerprint density at radius 3 is 1.01 bits per heavy atom. The molecule has 666 valence electrons. The zero-order valence-electron chi connectivity index (χ0n) is 68.8. The smallest absolute Gasteiger partial charge is 0.303 e. The van der Waals surface area contributed by atoms with Gasteiger partial charge in [0, 0.05) is 161 Å². The molecular weight excluding hydrogens is 1560 g/mol. The molecule has 3 saturated heterocycles. The summed E-state index contributed by atoms with van der Waals surface area (Å²) in [6, 6.07) is -3.50. The third-order valence-corrected chi connectivity index (χ3v) is 17.0. The summed E-state index contributed by atoms with van der Waals surface area (Å²) in [6.45, 7) is 14.4. The lowest BCUT2D eigenvalue weighted by Crippen LogP contribution is -2.67. The van der Waals surface area contributed by atoms with E-state index in [2.05, 4.69) is 53.3 Å². The van der Waals surface area contributed by atoms with E-state index < -0.39 is 182 Å². The van der Waals surface area contributed by atoms with Crippen molar-refractivity contribution in [3.05, 3.63) is 0 Å². The lowest BCUT2D eigenvalue weighted by Gasteiger charge is -2.44. The van der Waals surface area contributed by atoms with Gasteiger partial charge in [-0.05, 0) is 52.1 Å². The number of ether oxygens (including phenoxy) is 17. The second-order valence-electron chi connectivity index (χ2n) is 27.4. The first kappa shape index (κ1) is 102. The van der Waals surface area contributed by atoms with E-state index in [4.69, 9.17) is 85.4 Å². The van der Waals surface area contributed by atoms with E-state index in [0.717, 1.165) is 55.4 Å². The highest BCUT2D eigenvalue weighted by molar-refractivity contribution is 5.78. The largest absolute Gasteiger partial charge is 0.463 e. The average molecular weight is 1680 g/mol. The maximum absolute atomic E-state index is 13.0. The van der Waals surface area contributed by atoms with E-state index in [9.17, 15) is 76.7 Å². The second kappa shape index (κ2) is 56.4. The fourth-order valence-electron chi connectivity index (χ4n) is 11.9. The van der Waals surface area contributed by atoms with E-state index in [1.54, 1.807) is 7.05 Å². The van der Waals surface area contributed by atoms with Crippen molar-refractivity contribution in [1.82, 2.24) is 53.3 Å². The summed E-state index contributed by atoms with van der Waals surface area (Å²) < 4.78 is 96.1. The summed E-state index contributed by atoms with van der Waals surface area (Å²) in [5.74, 6) is -9.41. The second-order valence-corrected chi connectivity index (χ2v) is 27.4. The zero-order chi connectivity index (χ0) is 87.0. The Morgan fingerprint density at radius 2 is 0.641 bits per heavy atom. The molecule has 44 nitrogen and oxygen atoms in total. The van der Waals surface area contributed by atoms with E-state index in [1.807, 2.05) is 0 Å². The molecule has 10 N–H and O–H groups in total. The predicted molar refractivity (Wildman–Crippen MR) is 398 cm³/mol. The maximum atomic E-state index is 13.0. The molecule has 0 spiro atoms. The Hall–Kier alpha value is -8.96. The van der Waals surface area contributed by atoms with Gasteiger partial charge in [0.05, 0.1) is 45.2 Å². The van der Waals surface area contributed by atoms with Gasteiger partial charge in [-0.2, -0.15) is 5.48 Å². The highest BCUT2D eigenvalue weighted by Crippen LogP contribution is 2.31. The van der Waals surface area contributed by atoms with Crippen LogP contribution in [0.4, 0.5) is 0 Å². The van der Waals surface area contributed by atoms with Gasteiger partial charge in [-0.25, -0.2) is 0 Å². The molecule has 0 aliphatic carbocycles. The highest BCUT2D eigenvalue weighted by Gasteiger charge is 2.54. The molecule has 16 unspecified atom stereocenters. The number of hydroxylamine groups is 1. The van der Waals surface area contributed by atoms with Crippen LogP contribution in [0.5, 0.6) is 0 Å². The van der Waals surface area contributed by atoms with Gasteiger partial charge in [-0.1, -0.05) is 0 Å². The number of rotatable bonds is 56. The van der Waals surface area contributed by atoms with Crippen molar-refractivity contribution in [2.75, 3.05) is 126 Å². The summed E-state index contributed by atoms with van der Waals surface area (Å²) in [4.78, 5) is 202. The molecule has 0 bridgehead atoms. The van der Waals surface area contributed by atoms with Crippen LogP contribution in [-0.2, 0) is 162 Å². The average Bonchev–Trinajstić information content (AvgIpc) is 0.798. The van der Waals surface area contributed by atoms with Gasteiger partial charge >= 0.3 is 53.7 Å². The number of carbonyl (C=O) groups is 16. The molecule has 16 atom stereocenters. The maximum Gasteiger partial charge on any atom is 0.303 e. The van der Waals surface area contributed by atoms with E-state index >= 15 is 0 Å². The third-order valence-electron chi connectivity index (χ3n) is 17.0. The number of carbonyl (C=O) groups excluding carboxylic acids is 16. The molecule has 3 aliphatic rings. The molecule has 0 aromatic carbocycles. The SMILES string of the molecule is CNC(COCCCC(=O)NCCCNCCOC1OC(COC(C)=O)C(OC(C)=O)C(OC(C)=O)C1NC(C)=O)(COCCC(=O)NCCCNOC1OC(COC(C)=O)C(OC(C)=O)C(OC(C)=O)C1NC(C)=O)COCCC(=O)NCCCNC(=O)CCCCOC1OC(COC(C)=O)C(OC(C)=O)C(OC(C)=O)C1NC(C)=O. The van der Waals surface area contributed by atoms with Crippen molar-refractivity contribution in [2.24, 2.45) is 0 Å². The van der Waals surface area contributed by atoms with Crippen molar-refractivity contribution in [1.29, 1.82) is 0 Å². The summed E-state index contributed by atoms with van der Waals surface area (Å²) in [5, 5.41) is 25.5. The third kappa shape index (κ3) is 42.8. The van der Waals surface area contributed by atoms with Crippen LogP contribution in [0.1, 0.15) is 147 Å². The lowest BCUT2D eigenvalue weighted by atomic mass is 9.96. The normalized spacial score (nSPS) is 23.2. The number of esters is 9. The summed E-state index contributed by atoms with van der Waals surface area (Å²) in [7, 11) is 1.65. The fourth-order valence-corrected chi connectivity index (χ4v) is 11.9. The zero-order valence-corrected chi connectivity index (χ0v) is 68.8. The number of hydrogen-bond donors (Lipinski definition) is 10. The minimum absolute atomic E-state index is 0.00248. The Morgan fingerprint density at radius 1 is 0.316 bits per heavy atom. The van der Waals surface area contributed by atoms with Gasteiger partial charge < -0.3 is 128 Å². The molecule has 3 fully saturated rings. The Bertz CT molecular complexity index is 3190. The number of hydrogen-bond acceptors (Lipinski definition) is 37. The van der Waals surface area contributed by atoms with Crippen molar-refractivity contribution in [3.8, 4) is 0 Å². The lowest BCUT2D eigenvalue weighted by molar-refractivity contribution is -0.292. The summed E-state index contributed by atoms with van der Waals surface area (Å²) >= 11 is 0. The minimum atomic E-state index is -1.37. The van der Waals surface area contributed by atoms with Crippen molar-refractivity contribution in [3.63, 3.8) is 0 Å². The molecule has 3 aliphatic heterocycles. The van der Waals surface area contributed by atoms with Crippen LogP contribution in [0.25, 0.3) is 0 Å². The van der Waals surface area contributed by atoms with Crippen LogP contribution in [0.3, 0.4) is 0 Å². The van der Waals surface area contributed by atoms with E-state index in [-0.39, 0.29) is 141 Å². The van der Waals surface area contributed by atoms with Gasteiger partial charge in [0.1, 0.15) is 56.3 Å². The van der Waals surface area contributed by atoms with Gasteiger partial charge in [-0.15, -0.1) is 0 Å². The molecule has 0 aromatic heterocycles. The number of amides is 7. The quantitative estimate of drug-likeness (QED) is 0.0122. The predicted octanol–water partition coefficient (Wildman–Crippen LogP) is -3.53. The summed E-state index contributed by atoms with van der Waals surface area (Å²) in [5.41, 5.74) is 1.68. The van der Waals surface area contributed by atoms with E-state index in [0.29, 0.717) is 51.6 Å². The first-order valence-electron chi connectivity index (χ1n) is 38.6. The molecule has 117 heavy (non-hydrogen) atoms. The Balaban J connectivity index is 1.53. The van der Waals surface area contributed by atoms with Gasteiger partial charge in [0.15, 0.2) is 49.2 Å². The van der Waals surface area contributed by atoms with Crippen LogP contribution >= 0.6 is 0 Å². The molecule has 44 heteroatoms. The molecule has 7 amide bonds. The Kier molecular flexibility index (Phi) is 49.3. The van der Waals surface area contributed by atoms with Crippen LogP contribution in [0.15, 0.2) is 0 Å². The monoisotopic (exact) mass is 1680 g/mol. The first-order valence-corrected chi connectivity index (χ1v) is 38.6. The molecule has 0 aromatic rings. The number of unbranched alkanes of at least 4 members (excludes halogenated alkanes) is 1. The highest BCUT2D eigenvalue weighted by atomic mass is 16.8. The topological polar surface area (TPSA) is 560 Å². The van der Waals surface area contributed by atoms with Gasteiger partial charge in [-0.3, -0.25) is 81.6 Å². The number of nitrogens with one attached hydrogen (secondary N) is 10. The molecule has 3 heterocycles. The van der Waals surface area contributed by atoms with Crippen LogP contribution in [0.2, 0.25) is 0 Å². The van der Waals surface area contributed by atoms with Crippen LogP contribution in [0, 0.1) is 0 Å². The van der Waals surface area contributed by atoms with Gasteiger partial charge in [0.2, 0.25) is 47.6 Å². The molecule has 3 rings (SSSR count). The van der Waals surface area contributed by atoms with Crippen LogP contribution in [-0.4, -0.2) is 318 Å². The van der Waals surface area contributed by atoms with Crippen molar-refractivity contribution < 1.29 is 162 Å². The fraction of sp³-hybridized carbons (Fsp3) is 0.781. The standard InChI is InChI=1S/C73H120N10O34/c1-42(84)81-61-67(111-51(10)93)64(108-48(7)90)54(36-105-45(4)87)114-70(61)103-32-15-14-20-57(96)77-26-18-27-78-59(98)22-33-101-40-73(74-13,41-102-34-23-60(99)79-28-19-29-80-117-72-63(83-44(3)86)69(113-53(12)95)66(110-50(9)92)56(116-72)38-107-47(6)89)39-100-31-16-21-58(97)76-25-17-24-75-30-35-104-71-62(82-43(2)85)68(112-52(11)94)65(109-49(8)91)55(115-71)37-106-46(5)88/h54-56,61-72,74-75,80H,14-41H2,1-13H3,(H,76,97)(H,77,96)(H,78,98)(H,79,99)(H,81,84)(H,82,85)(H,83,86). The molecule has 0 saturated carbocycles. The van der Waals surface area contributed by atoms with Crippen LogP contribution < -0.4 is 53.3 Å². The molecule has 0 radical (unpaired) electrons. The van der Waals surface area contributed by atoms with Gasteiger partial charge in [0.25, 0.3) is 0 Å². The van der Waals surface area contributed by atoms with Crippen molar-refractivity contribution >= 4 is 95.1 Å². The molecular formula is C73H120N10O34. The van der Waals surface area contributed by atoms with E-state index in [1.165, 1.54) is 27.7 Å². The summed E-state index contributed by atoms with van der Waals surface area (Å²) in [6.07, 6.45) is -12.8. The number of likely N-dealkylation sites (N-methyl/N-ethyl adjacent to an activating group) is 1.